The highest BCUT2D eigenvalue weighted by atomic mass is 35.5. The first-order chi connectivity index (χ1) is 11.0. The molecular formula is C18H29ClN2O3. The number of amides is 1. The number of halogens is 1. The number of nitrogens with one attached hydrogen (secondary N) is 1. The molecule has 0 saturated heterocycles. The van der Waals surface area contributed by atoms with Crippen LogP contribution in [0.5, 0.6) is 11.5 Å². The lowest BCUT2D eigenvalue weighted by Gasteiger charge is -2.19. The van der Waals surface area contributed by atoms with Gasteiger partial charge in [0.2, 0.25) is 5.91 Å². The Hall–Kier alpha value is -1.46. The molecule has 0 aliphatic carbocycles. The summed E-state index contributed by atoms with van der Waals surface area (Å²) in [5.41, 5.74) is 8.05. The fourth-order valence-corrected chi connectivity index (χ4v) is 2.72. The fraction of sp³-hybridized carbons (Fsp3) is 0.611. The molecule has 0 bridgehead atoms. The average Bonchev–Trinajstić information content (AvgIpc) is 2.90. The van der Waals surface area contributed by atoms with Gasteiger partial charge in [-0.2, -0.15) is 0 Å². The van der Waals surface area contributed by atoms with E-state index in [4.69, 9.17) is 15.2 Å². The van der Waals surface area contributed by atoms with Crippen molar-refractivity contribution in [3.05, 3.63) is 23.3 Å². The minimum atomic E-state index is -0.485. The number of rotatable bonds is 7. The van der Waals surface area contributed by atoms with Crippen LogP contribution in [0, 0.1) is 5.92 Å². The van der Waals surface area contributed by atoms with Gasteiger partial charge in [0.05, 0.1) is 12.6 Å². The Morgan fingerprint density at radius 1 is 1.46 bits per heavy atom. The average molecular weight is 357 g/mol. The smallest absolute Gasteiger partial charge is 0.237 e. The van der Waals surface area contributed by atoms with Gasteiger partial charge in [-0.3, -0.25) is 4.79 Å². The molecule has 136 valence electrons. The third kappa shape index (κ3) is 4.77. The molecule has 0 radical (unpaired) electrons. The molecule has 1 amide bonds. The van der Waals surface area contributed by atoms with Crippen LogP contribution in [-0.4, -0.2) is 24.7 Å². The Morgan fingerprint density at radius 3 is 2.79 bits per heavy atom. The topological polar surface area (TPSA) is 73.6 Å². The van der Waals surface area contributed by atoms with Crippen LogP contribution in [0.1, 0.15) is 45.2 Å². The zero-order chi connectivity index (χ0) is 17.0. The second-order valence-corrected chi connectivity index (χ2v) is 6.26. The standard InChI is InChI=1S/C18H28N2O3.ClH/c1-5-11(3)17(19)18(21)20-10-14-9-16-13(7-12(4)23-16)8-15(14)22-6-2;/h8-9,11-12,17H,5-7,10,19H2,1-4H3,(H,20,21);1H. The lowest BCUT2D eigenvalue weighted by atomic mass is 9.99. The number of nitrogens with two attached hydrogens (primary N) is 1. The maximum atomic E-state index is 12.2. The number of hydrogen-bond donors (Lipinski definition) is 2. The normalized spacial score (nSPS) is 18.0. The van der Waals surface area contributed by atoms with Crippen molar-refractivity contribution >= 4 is 18.3 Å². The van der Waals surface area contributed by atoms with E-state index in [0.717, 1.165) is 35.5 Å². The lowest BCUT2D eigenvalue weighted by molar-refractivity contribution is -0.123. The molecule has 0 spiro atoms. The van der Waals surface area contributed by atoms with E-state index in [0.29, 0.717) is 13.2 Å². The second kappa shape index (κ2) is 9.14. The highest BCUT2D eigenvalue weighted by Crippen LogP contribution is 2.35. The van der Waals surface area contributed by atoms with Crippen molar-refractivity contribution in [3.8, 4) is 11.5 Å². The third-order valence-electron chi connectivity index (χ3n) is 4.39. The number of fused-ring (bicyclic) bond motifs is 1. The van der Waals surface area contributed by atoms with Gasteiger partial charge in [-0.1, -0.05) is 20.3 Å². The van der Waals surface area contributed by atoms with Crippen LogP contribution in [0.25, 0.3) is 0 Å². The first kappa shape index (κ1) is 20.6. The van der Waals surface area contributed by atoms with Crippen LogP contribution >= 0.6 is 12.4 Å². The molecule has 0 aromatic heterocycles. The van der Waals surface area contributed by atoms with Crippen LogP contribution in [-0.2, 0) is 17.8 Å². The van der Waals surface area contributed by atoms with Crippen LogP contribution in [0.4, 0.5) is 0 Å². The van der Waals surface area contributed by atoms with Crippen molar-refractivity contribution in [2.75, 3.05) is 6.61 Å². The van der Waals surface area contributed by atoms with Crippen molar-refractivity contribution < 1.29 is 14.3 Å². The quantitative estimate of drug-likeness (QED) is 0.787. The van der Waals surface area contributed by atoms with Gasteiger partial charge in [0.1, 0.15) is 17.6 Å². The van der Waals surface area contributed by atoms with E-state index in [1.807, 2.05) is 39.8 Å². The summed E-state index contributed by atoms with van der Waals surface area (Å²) in [6, 6.07) is 3.51. The number of hydrogen-bond acceptors (Lipinski definition) is 4. The summed E-state index contributed by atoms with van der Waals surface area (Å²) in [6.07, 6.45) is 1.95. The lowest BCUT2D eigenvalue weighted by Crippen LogP contribution is -2.44. The van der Waals surface area contributed by atoms with Crippen molar-refractivity contribution in [1.29, 1.82) is 0 Å². The summed E-state index contributed by atoms with van der Waals surface area (Å²) in [5, 5.41) is 2.92. The van der Waals surface area contributed by atoms with Crippen molar-refractivity contribution in [1.82, 2.24) is 5.32 Å². The Kier molecular flexibility index (Phi) is 7.84. The number of benzene rings is 1. The summed E-state index contributed by atoms with van der Waals surface area (Å²) in [7, 11) is 0. The van der Waals surface area contributed by atoms with Gasteiger partial charge in [0.15, 0.2) is 0 Å². The molecule has 1 aliphatic heterocycles. The SMILES string of the molecule is CCOc1cc2c(cc1CNC(=O)C(N)C(C)CC)OC(C)C2.Cl. The minimum absolute atomic E-state index is 0. The molecule has 1 aromatic rings. The third-order valence-corrected chi connectivity index (χ3v) is 4.39. The molecule has 0 saturated carbocycles. The number of carbonyl (C=O) groups is 1. The molecule has 3 atom stereocenters. The largest absolute Gasteiger partial charge is 0.494 e. The summed E-state index contributed by atoms with van der Waals surface area (Å²) in [4.78, 5) is 12.2. The summed E-state index contributed by atoms with van der Waals surface area (Å²) in [6.45, 7) is 9.00. The van der Waals surface area contributed by atoms with Gasteiger partial charge in [-0.25, -0.2) is 0 Å². The second-order valence-electron chi connectivity index (χ2n) is 6.26. The molecule has 0 fully saturated rings. The monoisotopic (exact) mass is 356 g/mol. The van der Waals surface area contributed by atoms with E-state index in [2.05, 4.69) is 5.32 Å². The highest BCUT2D eigenvalue weighted by molar-refractivity contribution is 5.85. The predicted molar refractivity (Wildman–Crippen MR) is 97.9 cm³/mol. The van der Waals surface area contributed by atoms with E-state index in [-0.39, 0.29) is 30.3 Å². The Bertz CT molecular complexity index is 565. The Morgan fingerprint density at radius 2 is 2.17 bits per heavy atom. The zero-order valence-electron chi connectivity index (χ0n) is 14.9. The van der Waals surface area contributed by atoms with Gasteiger partial charge in [-0.15, -0.1) is 12.4 Å². The fourth-order valence-electron chi connectivity index (χ4n) is 2.72. The maximum Gasteiger partial charge on any atom is 0.237 e. The molecule has 6 heteroatoms. The predicted octanol–water partition coefficient (Wildman–Crippen LogP) is 2.82. The summed E-state index contributed by atoms with van der Waals surface area (Å²) in [5.74, 6) is 1.72. The first-order valence-corrected chi connectivity index (χ1v) is 8.44. The van der Waals surface area contributed by atoms with E-state index in [1.165, 1.54) is 0 Å². The van der Waals surface area contributed by atoms with Crippen molar-refractivity contribution in [2.24, 2.45) is 11.7 Å². The molecule has 1 aromatic carbocycles. The molecule has 3 unspecified atom stereocenters. The molecule has 3 N–H and O–H groups in total. The van der Waals surface area contributed by atoms with Gasteiger partial charge >= 0.3 is 0 Å². The number of carbonyl (C=O) groups excluding carboxylic acids is 1. The van der Waals surface area contributed by atoms with E-state index in [9.17, 15) is 4.79 Å². The maximum absolute atomic E-state index is 12.2. The van der Waals surface area contributed by atoms with Crippen LogP contribution in [0.3, 0.4) is 0 Å². The summed E-state index contributed by atoms with van der Waals surface area (Å²) >= 11 is 0. The Balaban J connectivity index is 0.00000288. The zero-order valence-corrected chi connectivity index (χ0v) is 15.7. The number of ether oxygens (including phenoxy) is 2. The molecule has 5 nitrogen and oxygen atoms in total. The minimum Gasteiger partial charge on any atom is -0.494 e. The molecule has 1 aliphatic rings. The highest BCUT2D eigenvalue weighted by Gasteiger charge is 2.23. The van der Waals surface area contributed by atoms with Crippen LogP contribution in [0.15, 0.2) is 12.1 Å². The van der Waals surface area contributed by atoms with E-state index < -0.39 is 6.04 Å². The van der Waals surface area contributed by atoms with Crippen LogP contribution < -0.4 is 20.5 Å². The van der Waals surface area contributed by atoms with Gasteiger partial charge < -0.3 is 20.5 Å². The van der Waals surface area contributed by atoms with Crippen molar-refractivity contribution in [2.45, 2.75) is 59.2 Å². The van der Waals surface area contributed by atoms with E-state index >= 15 is 0 Å². The molecule has 1 heterocycles. The van der Waals surface area contributed by atoms with Gasteiger partial charge in [0.25, 0.3) is 0 Å². The molecule has 2 rings (SSSR count). The van der Waals surface area contributed by atoms with Gasteiger partial charge in [-0.05, 0) is 31.9 Å². The van der Waals surface area contributed by atoms with Crippen LogP contribution in [0.2, 0.25) is 0 Å². The van der Waals surface area contributed by atoms with Gasteiger partial charge in [0, 0.05) is 24.1 Å². The molecular weight excluding hydrogens is 328 g/mol. The van der Waals surface area contributed by atoms with E-state index in [1.54, 1.807) is 0 Å². The first-order valence-electron chi connectivity index (χ1n) is 8.44. The summed E-state index contributed by atoms with van der Waals surface area (Å²) < 4.78 is 11.5. The molecule has 24 heavy (non-hydrogen) atoms. The van der Waals surface area contributed by atoms with Crippen molar-refractivity contribution in [3.63, 3.8) is 0 Å². The Labute approximate surface area is 150 Å².